The molecule has 0 bridgehead atoms. The van der Waals surface area contributed by atoms with E-state index in [9.17, 15) is 4.79 Å². The molecule has 90 valence electrons. The van der Waals surface area contributed by atoms with Crippen molar-refractivity contribution in [3.8, 4) is 22.3 Å². The van der Waals surface area contributed by atoms with Gasteiger partial charge in [-0.3, -0.25) is 4.79 Å². The van der Waals surface area contributed by atoms with E-state index in [1.54, 1.807) is 6.92 Å². The van der Waals surface area contributed by atoms with Crippen molar-refractivity contribution in [1.82, 2.24) is 0 Å². The minimum atomic E-state index is 0.117. The Labute approximate surface area is 111 Å². The van der Waals surface area contributed by atoms with Crippen molar-refractivity contribution in [2.45, 2.75) is 6.92 Å². The van der Waals surface area contributed by atoms with E-state index in [4.69, 9.17) is 0 Å². The van der Waals surface area contributed by atoms with Crippen LogP contribution in [0.1, 0.15) is 17.3 Å². The summed E-state index contributed by atoms with van der Waals surface area (Å²) in [5.41, 5.74) is 5.71. The number of benzene rings is 3. The Bertz CT molecular complexity index is 838. The van der Waals surface area contributed by atoms with Crippen LogP contribution in [0, 0.1) is 0 Å². The van der Waals surface area contributed by atoms with Crippen molar-refractivity contribution in [2.75, 3.05) is 0 Å². The van der Waals surface area contributed by atoms with Crippen molar-refractivity contribution in [3.05, 3.63) is 60.2 Å². The zero-order valence-electron chi connectivity index (χ0n) is 10.6. The molecule has 0 amide bonds. The lowest BCUT2D eigenvalue weighted by Crippen LogP contribution is -1.91. The molecule has 0 N–H and O–H groups in total. The highest BCUT2D eigenvalue weighted by molar-refractivity contribution is 6.16. The predicted molar refractivity (Wildman–Crippen MR) is 78.4 cm³/mol. The fourth-order valence-electron chi connectivity index (χ4n) is 3.01. The molecular formula is C18H12O. The lowest BCUT2D eigenvalue weighted by atomic mass is 10.00. The number of hydrogen-bond acceptors (Lipinski definition) is 1. The molecule has 19 heavy (non-hydrogen) atoms. The third-order valence-electron chi connectivity index (χ3n) is 3.91. The van der Waals surface area contributed by atoms with E-state index < -0.39 is 0 Å². The summed E-state index contributed by atoms with van der Waals surface area (Å²) in [5.74, 6) is 0.117. The van der Waals surface area contributed by atoms with Crippen LogP contribution in [0.25, 0.3) is 33.0 Å². The monoisotopic (exact) mass is 244 g/mol. The van der Waals surface area contributed by atoms with E-state index in [2.05, 4.69) is 42.5 Å². The van der Waals surface area contributed by atoms with Crippen LogP contribution in [-0.2, 0) is 0 Å². The van der Waals surface area contributed by atoms with E-state index in [1.165, 1.54) is 33.0 Å². The molecule has 0 unspecified atom stereocenters. The van der Waals surface area contributed by atoms with Gasteiger partial charge in [0.2, 0.25) is 0 Å². The number of Topliss-reactive ketones (excluding diaryl/α,β-unsaturated/α-hetero) is 1. The fraction of sp³-hybridized carbons (Fsp3) is 0.0556. The summed E-state index contributed by atoms with van der Waals surface area (Å²) < 4.78 is 0. The molecule has 1 aliphatic rings. The molecule has 0 atom stereocenters. The van der Waals surface area contributed by atoms with E-state index in [0.717, 1.165) is 5.56 Å². The first kappa shape index (κ1) is 10.5. The molecule has 1 heteroatoms. The predicted octanol–water partition coefficient (Wildman–Crippen LogP) is 4.69. The maximum Gasteiger partial charge on any atom is 0.159 e. The summed E-state index contributed by atoms with van der Waals surface area (Å²) in [5, 5.41) is 2.57. The molecule has 0 spiro atoms. The van der Waals surface area contributed by atoms with Crippen LogP contribution in [-0.4, -0.2) is 5.78 Å². The highest BCUT2D eigenvalue weighted by atomic mass is 16.1. The summed E-state index contributed by atoms with van der Waals surface area (Å²) >= 11 is 0. The summed E-state index contributed by atoms with van der Waals surface area (Å²) in [6.45, 7) is 1.62. The highest BCUT2D eigenvalue weighted by Crippen LogP contribution is 2.47. The SMILES string of the molecule is CC(=O)c1ccc2c(c1)-c1cccc3cccc-2c13. The third kappa shape index (κ3) is 1.33. The van der Waals surface area contributed by atoms with Gasteiger partial charge >= 0.3 is 0 Å². The lowest BCUT2D eigenvalue weighted by Gasteiger charge is -2.03. The third-order valence-corrected chi connectivity index (χ3v) is 3.91. The Morgan fingerprint density at radius 1 is 0.789 bits per heavy atom. The molecule has 0 fully saturated rings. The Balaban J connectivity index is 2.14. The van der Waals surface area contributed by atoms with Crippen LogP contribution in [0.3, 0.4) is 0 Å². The van der Waals surface area contributed by atoms with Crippen LogP contribution in [0.5, 0.6) is 0 Å². The molecule has 4 rings (SSSR count). The average molecular weight is 244 g/mol. The Kier molecular flexibility index (Phi) is 1.96. The van der Waals surface area contributed by atoms with Gasteiger partial charge in [-0.2, -0.15) is 0 Å². The largest absolute Gasteiger partial charge is 0.295 e. The molecule has 3 aromatic carbocycles. The fourth-order valence-corrected chi connectivity index (χ4v) is 3.01. The first-order valence-electron chi connectivity index (χ1n) is 6.43. The number of fused-ring (bicyclic) bond motifs is 3. The number of ketones is 1. The number of carbonyl (C=O) groups is 1. The van der Waals surface area contributed by atoms with Crippen LogP contribution < -0.4 is 0 Å². The Morgan fingerprint density at radius 3 is 2.16 bits per heavy atom. The molecule has 1 aliphatic carbocycles. The van der Waals surface area contributed by atoms with Crippen molar-refractivity contribution in [2.24, 2.45) is 0 Å². The second kappa shape index (κ2) is 3.55. The maximum atomic E-state index is 11.6. The number of rotatable bonds is 1. The quantitative estimate of drug-likeness (QED) is 0.444. The van der Waals surface area contributed by atoms with Crippen molar-refractivity contribution < 1.29 is 4.79 Å². The maximum absolute atomic E-state index is 11.6. The second-order valence-electron chi connectivity index (χ2n) is 5.03. The van der Waals surface area contributed by atoms with Crippen LogP contribution >= 0.6 is 0 Å². The molecule has 1 nitrogen and oxygen atoms in total. The van der Waals surface area contributed by atoms with Crippen molar-refractivity contribution >= 4 is 16.6 Å². The second-order valence-corrected chi connectivity index (χ2v) is 5.03. The minimum absolute atomic E-state index is 0.117. The molecule has 0 heterocycles. The molecule has 0 radical (unpaired) electrons. The van der Waals surface area contributed by atoms with E-state index in [-0.39, 0.29) is 5.78 Å². The zero-order chi connectivity index (χ0) is 13.0. The van der Waals surface area contributed by atoms with Gasteiger partial charge in [-0.1, -0.05) is 48.5 Å². The van der Waals surface area contributed by atoms with Crippen LogP contribution in [0.2, 0.25) is 0 Å². The highest BCUT2D eigenvalue weighted by Gasteiger charge is 2.21. The molecule has 3 aromatic rings. The first-order valence-corrected chi connectivity index (χ1v) is 6.43. The van der Waals surface area contributed by atoms with Crippen molar-refractivity contribution in [1.29, 1.82) is 0 Å². The summed E-state index contributed by atoms with van der Waals surface area (Å²) in [4.78, 5) is 11.6. The lowest BCUT2D eigenvalue weighted by molar-refractivity contribution is 0.101. The van der Waals surface area contributed by atoms with Crippen LogP contribution in [0.15, 0.2) is 54.6 Å². The molecule has 0 aliphatic heterocycles. The zero-order valence-corrected chi connectivity index (χ0v) is 10.6. The standard InChI is InChI=1S/C18H12O/c1-11(19)13-8-9-14-15-6-2-4-12-5-3-7-16(18(12)15)17(14)10-13/h2-10H,1H3. The smallest absolute Gasteiger partial charge is 0.159 e. The molecule has 0 saturated heterocycles. The molecule has 0 saturated carbocycles. The van der Waals surface area contributed by atoms with Gasteiger partial charge in [0.15, 0.2) is 5.78 Å². The van der Waals surface area contributed by atoms with Gasteiger partial charge < -0.3 is 0 Å². The minimum Gasteiger partial charge on any atom is -0.295 e. The summed E-state index contributed by atoms with van der Waals surface area (Å²) in [7, 11) is 0. The van der Waals surface area contributed by atoms with Gasteiger partial charge in [-0.05, 0) is 46.0 Å². The number of hydrogen-bond donors (Lipinski definition) is 0. The summed E-state index contributed by atoms with van der Waals surface area (Å²) in [6, 6.07) is 18.8. The number of carbonyl (C=O) groups excluding carboxylic acids is 1. The van der Waals surface area contributed by atoms with Crippen molar-refractivity contribution in [3.63, 3.8) is 0 Å². The first-order chi connectivity index (χ1) is 9.25. The topological polar surface area (TPSA) is 17.1 Å². The molecule has 0 aromatic heterocycles. The average Bonchev–Trinajstić information content (AvgIpc) is 2.76. The van der Waals surface area contributed by atoms with Gasteiger partial charge in [0.25, 0.3) is 0 Å². The van der Waals surface area contributed by atoms with Gasteiger partial charge in [0.05, 0.1) is 0 Å². The normalized spacial score (nSPS) is 11.6. The van der Waals surface area contributed by atoms with Gasteiger partial charge in [0.1, 0.15) is 0 Å². The van der Waals surface area contributed by atoms with E-state index in [1.807, 2.05) is 12.1 Å². The van der Waals surface area contributed by atoms with Gasteiger partial charge in [-0.15, -0.1) is 0 Å². The van der Waals surface area contributed by atoms with E-state index in [0.29, 0.717) is 0 Å². The summed E-state index contributed by atoms with van der Waals surface area (Å²) in [6.07, 6.45) is 0. The molecular weight excluding hydrogens is 232 g/mol. The Hall–Kier alpha value is -2.41. The Morgan fingerprint density at radius 2 is 1.47 bits per heavy atom. The van der Waals surface area contributed by atoms with E-state index >= 15 is 0 Å². The van der Waals surface area contributed by atoms with Gasteiger partial charge in [-0.25, -0.2) is 0 Å². The van der Waals surface area contributed by atoms with Crippen LogP contribution in [0.4, 0.5) is 0 Å². The van der Waals surface area contributed by atoms with Gasteiger partial charge in [0, 0.05) is 5.56 Å².